The predicted octanol–water partition coefficient (Wildman–Crippen LogP) is 2.80. The Balaban J connectivity index is 1.59. The fraction of sp³-hybridized carbons (Fsp3) is 0.308. The van der Waals surface area contributed by atoms with Crippen molar-refractivity contribution in [3.8, 4) is 11.5 Å². The molecule has 19 heavy (non-hydrogen) atoms. The zero-order valence-corrected chi connectivity index (χ0v) is 11.2. The maximum atomic E-state index is 5.40. The Bertz CT molecular complexity index is 700. The van der Waals surface area contributed by atoms with Gasteiger partial charge in [0.05, 0.1) is 12.5 Å². The standard InChI is InChI=1S/C13H12N4OS/c1-17-7-14-5-11(17)12-15-13(18-16-12)10-4-9(10)8-2-3-19-6-8/h2-3,5-7,9-10H,4H2,1H3/t9-,10+/m0/s1. The van der Waals surface area contributed by atoms with Gasteiger partial charge in [-0.15, -0.1) is 0 Å². The molecule has 96 valence electrons. The maximum Gasteiger partial charge on any atom is 0.230 e. The number of aryl methyl sites for hydroxylation is 1. The molecule has 0 aromatic carbocycles. The molecule has 0 bridgehead atoms. The molecular formula is C13H12N4OS. The Kier molecular flexibility index (Phi) is 2.32. The molecule has 3 heterocycles. The second kappa shape index (κ2) is 4.03. The van der Waals surface area contributed by atoms with Crippen molar-refractivity contribution in [1.29, 1.82) is 0 Å². The lowest BCUT2D eigenvalue weighted by Gasteiger charge is -1.93. The first-order valence-corrected chi connectivity index (χ1v) is 7.09. The van der Waals surface area contributed by atoms with Gasteiger partial charge in [-0.2, -0.15) is 16.3 Å². The minimum absolute atomic E-state index is 0.379. The van der Waals surface area contributed by atoms with Crippen molar-refractivity contribution in [3.63, 3.8) is 0 Å². The fourth-order valence-electron chi connectivity index (χ4n) is 2.38. The smallest absolute Gasteiger partial charge is 0.230 e. The number of aromatic nitrogens is 4. The van der Waals surface area contributed by atoms with Crippen molar-refractivity contribution in [3.05, 3.63) is 40.8 Å². The monoisotopic (exact) mass is 272 g/mol. The molecule has 5 nitrogen and oxygen atoms in total. The largest absolute Gasteiger partial charge is 0.339 e. The molecule has 0 spiro atoms. The quantitative estimate of drug-likeness (QED) is 0.735. The molecule has 3 aromatic rings. The lowest BCUT2D eigenvalue weighted by Crippen LogP contribution is -1.91. The second-order valence-corrected chi connectivity index (χ2v) is 5.63. The van der Waals surface area contributed by atoms with Crippen LogP contribution in [0.25, 0.3) is 11.5 Å². The summed E-state index contributed by atoms with van der Waals surface area (Å²) in [6.45, 7) is 0. The van der Waals surface area contributed by atoms with Crippen LogP contribution in [0.3, 0.4) is 0 Å². The van der Waals surface area contributed by atoms with Gasteiger partial charge < -0.3 is 9.09 Å². The van der Waals surface area contributed by atoms with Gasteiger partial charge >= 0.3 is 0 Å². The summed E-state index contributed by atoms with van der Waals surface area (Å²) in [5.41, 5.74) is 2.26. The topological polar surface area (TPSA) is 56.7 Å². The van der Waals surface area contributed by atoms with Gasteiger partial charge in [-0.3, -0.25) is 0 Å². The Morgan fingerprint density at radius 2 is 2.37 bits per heavy atom. The van der Waals surface area contributed by atoms with E-state index in [-0.39, 0.29) is 0 Å². The van der Waals surface area contributed by atoms with Crippen molar-refractivity contribution in [2.24, 2.45) is 7.05 Å². The summed E-state index contributed by atoms with van der Waals surface area (Å²) in [6.07, 6.45) is 4.58. The molecular weight excluding hydrogens is 260 g/mol. The molecule has 1 aliphatic carbocycles. The summed E-state index contributed by atoms with van der Waals surface area (Å²) in [6, 6.07) is 2.17. The van der Waals surface area contributed by atoms with Crippen LogP contribution in [0.1, 0.15) is 29.7 Å². The zero-order chi connectivity index (χ0) is 12.8. The SMILES string of the molecule is Cn1cncc1-c1noc([C@@H]2C[C@H]2c2ccsc2)n1. The van der Waals surface area contributed by atoms with E-state index in [1.54, 1.807) is 23.9 Å². The van der Waals surface area contributed by atoms with Gasteiger partial charge in [0.2, 0.25) is 11.7 Å². The summed E-state index contributed by atoms with van der Waals surface area (Å²) in [5.74, 6) is 2.29. The lowest BCUT2D eigenvalue weighted by molar-refractivity contribution is 0.378. The normalized spacial score (nSPS) is 21.7. The minimum atomic E-state index is 0.379. The molecule has 2 atom stereocenters. The third-order valence-electron chi connectivity index (χ3n) is 3.57. The van der Waals surface area contributed by atoms with Gasteiger partial charge in [0.15, 0.2) is 0 Å². The maximum absolute atomic E-state index is 5.40. The van der Waals surface area contributed by atoms with Gasteiger partial charge in [-0.05, 0) is 34.7 Å². The second-order valence-electron chi connectivity index (χ2n) is 4.85. The van der Waals surface area contributed by atoms with Gasteiger partial charge in [-0.25, -0.2) is 4.98 Å². The van der Waals surface area contributed by atoms with Crippen molar-refractivity contribution >= 4 is 11.3 Å². The summed E-state index contributed by atoms with van der Waals surface area (Å²) in [5, 5.41) is 8.36. The van der Waals surface area contributed by atoms with E-state index < -0.39 is 0 Å². The highest BCUT2D eigenvalue weighted by molar-refractivity contribution is 7.08. The van der Waals surface area contributed by atoms with E-state index in [0.29, 0.717) is 17.7 Å². The van der Waals surface area contributed by atoms with Crippen molar-refractivity contribution in [2.45, 2.75) is 18.3 Å². The summed E-state index contributed by atoms with van der Waals surface area (Å²) in [7, 11) is 1.92. The fourth-order valence-corrected chi connectivity index (χ4v) is 3.11. The van der Waals surface area contributed by atoms with Crippen LogP contribution in [-0.2, 0) is 7.05 Å². The highest BCUT2D eigenvalue weighted by atomic mass is 32.1. The van der Waals surface area contributed by atoms with Crippen LogP contribution in [0.5, 0.6) is 0 Å². The molecule has 0 unspecified atom stereocenters. The molecule has 3 aromatic heterocycles. The van der Waals surface area contributed by atoms with Gasteiger partial charge in [0, 0.05) is 13.0 Å². The first-order valence-electron chi connectivity index (χ1n) is 6.15. The molecule has 0 saturated heterocycles. The molecule has 1 saturated carbocycles. The average Bonchev–Trinajstić information content (AvgIpc) is 2.87. The first-order chi connectivity index (χ1) is 9.33. The highest BCUT2D eigenvalue weighted by Gasteiger charge is 2.44. The number of hydrogen-bond acceptors (Lipinski definition) is 5. The zero-order valence-electron chi connectivity index (χ0n) is 10.4. The molecule has 4 rings (SSSR count). The van der Waals surface area contributed by atoms with Crippen LogP contribution < -0.4 is 0 Å². The Hall–Kier alpha value is -1.95. The number of hydrogen-bond donors (Lipinski definition) is 0. The Morgan fingerprint density at radius 1 is 1.42 bits per heavy atom. The van der Waals surface area contributed by atoms with Crippen molar-refractivity contribution < 1.29 is 4.52 Å². The molecule has 0 aliphatic heterocycles. The van der Waals surface area contributed by atoms with Crippen molar-refractivity contribution in [2.75, 3.05) is 0 Å². The van der Waals surface area contributed by atoms with E-state index in [1.165, 1.54) is 5.56 Å². The molecule has 0 amide bonds. The third-order valence-corrected chi connectivity index (χ3v) is 4.27. The lowest BCUT2D eigenvalue weighted by atomic mass is 10.2. The predicted molar refractivity (Wildman–Crippen MR) is 70.9 cm³/mol. The first kappa shape index (κ1) is 10.9. The van der Waals surface area contributed by atoms with Gasteiger partial charge in [0.1, 0.15) is 5.69 Å². The average molecular weight is 272 g/mol. The van der Waals surface area contributed by atoms with Gasteiger partial charge in [0.25, 0.3) is 0 Å². The van der Waals surface area contributed by atoms with Crippen molar-refractivity contribution in [1.82, 2.24) is 19.7 Å². The van der Waals surface area contributed by atoms with E-state index in [1.807, 2.05) is 11.6 Å². The van der Waals surface area contributed by atoms with Gasteiger partial charge in [-0.1, -0.05) is 5.16 Å². The van der Waals surface area contributed by atoms with E-state index in [4.69, 9.17) is 4.52 Å². The summed E-state index contributed by atoms with van der Waals surface area (Å²) >= 11 is 1.73. The van der Waals surface area contributed by atoms with E-state index >= 15 is 0 Å². The highest BCUT2D eigenvalue weighted by Crippen LogP contribution is 2.54. The van der Waals surface area contributed by atoms with Crippen LogP contribution in [0, 0.1) is 0 Å². The van der Waals surface area contributed by atoms with Crippen LogP contribution in [0.4, 0.5) is 0 Å². The Morgan fingerprint density at radius 3 is 3.11 bits per heavy atom. The molecule has 1 aliphatic rings. The summed E-state index contributed by atoms with van der Waals surface area (Å²) in [4.78, 5) is 8.57. The molecule has 0 radical (unpaired) electrons. The molecule has 6 heteroatoms. The van der Waals surface area contributed by atoms with Crippen LogP contribution >= 0.6 is 11.3 Å². The van der Waals surface area contributed by atoms with Crippen LogP contribution in [0.2, 0.25) is 0 Å². The number of thiophene rings is 1. The van der Waals surface area contributed by atoms with E-state index in [2.05, 4.69) is 32.0 Å². The van der Waals surface area contributed by atoms with Crippen LogP contribution in [-0.4, -0.2) is 19.7 Å². The number of rotatable bonds is 3. The third kappa shape index (κ3) is 1.79. The minimum Gasteiger partial charge on any atom is -0.339 e. The summed E-state index contributed by atoms with van der Waals surface area (Å²) < 4.78 is 7.28. The Labute approximate surface area is 113 Å². The van der Waals surface area contributed by atoms with E-state index in [0.717, 1.165) is 18.0 Å². The van der Waals surface area contributed by atoms with Crippen LogP contribution in [0.15, 0.2) is 33.9 Å². The number of imidazole rings is 1. The molecule has 0 N–H and O–H groups in total. The number of nitrogens with zero attached hydrogens (tertiary/aromatic N) is 4. The molecule has 1 fully saturated rings. The van der Waals surface area contributed by atoms with E-state index in [9.17, 15) is 0 Å².